The number of nitrogens with zero attached hydrogens (tertiary/aromatic N) is 1. The van der Waals surface area contributed by atoms with Crippen molar-refractivity contribution < 1.29 is 17.7 Å². The third-order valence-electron chi connectivity index (χ3n) is 3.19. The van der Waals surface area contributed by atoms with Crippen LogP contribution in [0.4, 0.5) is 10.1 Å². The molecular formula is C15H15FN2O4S. The van der Waals surface area contributed by atoms with Gasteiger partial charge in [-0.2, -0.15) is 0 Å². The van der Waals surface area contributed by atoms with Crippen LogP contribution in [0.15, 0.2) is 48.5 Å². The number of nitro benzene ring substituents is 1. The molecule has 0 atom stereocenters. The Morgan fingerprint density at radius 2 is 1.78 bits per heavy atom. The first-order valence-corrected chi connectivity index (χ1v) is 8.46. The van der Waals surface area contributed by atoms with E-state index in [0.717, 1.165) is 0 Å². The van der Waals surface area contributed by atoms with Gasteiger partial charge in [-0.3, -0.25) is 10.1 Å². The molecule has 122 valence electrons. The number of halogens is 1. The average Bonchev–Trinajstić information content (AvgIpc) is 2.52. The highest BCUT2D eigenvalue weighted by Gasteiger charge is 2.11. The van der Waals surface area contributed by atoms with Crippen molar-refractivity contribution in [3.8, 4) is 0 Å². The molecule has 6 nitrogen and oxygen atoms in total. The van der Waals surface area contributed by atoms with E-state index in [1.165, 1.54) is 42.5 Å². The summed E-state index contributed by atoms with van der Waals surface area (Å²) in [6.45, 7) is 0.0142. The maximum absolute atomic E-state index is 13.0. The number of nitrogens with one attached hydrogen (secondary N) is 1. The SMILES string of the molecule is O=[N+]([O-])c1ccc(CCS(=O)(=O)NCc2cccc(F)c2)cc1. The molecule has 8 heteroatoms. The second-order valence-electron chi connectivity index (χ2n) is 4.94. The first kappa shape index (κ1) is 17.0. The van der Waals surface area contributed by atoms with Crippen molar-refractivity contribution in [3.63, 3.8) is 0 Å². The Kier molecular flexibility index (Phi) is 5.41. The first-order chi connectivity index (χ1) is 10.9. The second kappa shape index (κ2) is 7.30. The fourth-order valence-corrected chi connectivity index (χ4v) is 2.98. The summed E-state index contributed by atoms with van der Waals surface area (Å²) >= 11 is 0. The van der Waals surface area contributed by atoms with Crippen molar-refractivity contribution in [3.05, 3.63) is 75.6 Å². The van der Waals surface area contributed by atoms with Crippen LogP contribution in [0.5, 0.6) is 0 Å². The van der Waals surface area contributed by atoms with E-state index in [1.807, 2.05) is 0 Å². The normalized spacial score (nSPS) is 11.3. The molecule has 0 aliphatic heterocycles. The van der Waals surface area contributed by atoms with E-state index in [1.54, 1.807) is 6.07 Å². The Bertz CT molecular complexity index is 791. The van der Waals surface area contributed by atoms with E-state index in [-0.39, 0.29) is 24.4 Å². The van der Waals surface area contributed by atoms with E-state index in [0.29, 0.717) is 11.1 Å². The lowest BCUT2D eigenvalue weighted by Gasteiger charge is -2.07. The second-order valence-corrected chi connectivity index (χ2v) is 6.87. The monoisotopic (exact) mass is 338 g/mol. The van der Waals surface area contributed by atoms with Gasteiger partial charge in [0.1, 0.15) is 5.82 Å². The van der Waals surface area contributed by atoms with Gasteiger partial charge in [-0.05, 0) is 29.7 Å². The zero-order valence-electron chi connectivity index (χ0n) is 12.1. The van der Waals surface area contributed by atoms with Crippen LogP contribution in [0.2, 0.25) is 0 Å². The number of sulfonamides is 1. The minimum Gasteiger partial charge on any atom is -0.258 e. The zero-order chi connectivity index (χ0) is 16.9. The maximum atomic E-state index is 13.0. The van der Waals surface area contributed by atoms with E-state index in [2.05, 4.69) is 4.72 Å². The van der Waals surface area contributed by atoms with Crippen LogP contribution in [-0.4, -0.2) is 19.1 Å². The summed E-state index contributed by atoms with van der Waals surface area (Å²) in [4.78, 5) is 10.0. The van der Waals surface area contributed by atoms with Crippen molar-refractivity contribution in [2.24, 2.45) is 0 Å². The zero-order valence-corrected chi connectivity index (χ0v) is 12.9. The van der Waals surface area contributed by atoms with Gasteiger partial charge < -0.3 is 0 Å². The van der Waals surface area contributed by atoms with Crippen molar-refractivity contribution in [2.45, 2.75) is 13.0 Å². The predicted octanol–water partition coefficient (Wildman–Crippen LogP) is 2.40. The van der Waals surface area contributed by atoms with Gasteiger partial charge in [-0.25, -0.2) is 17.5 Å². The Morgan fingerprint density at radius 3 is 2.39 bits per heavy atom. The standard InChI is InChI=1S/C15H15FN2O4S/c16-14-3-1-2-13(10-14)11-17-23(21,22)9-8-12-4-6-15(7-5-12)18(19)20/h1-7,10,17H,8-9,11H2. The molecular weight excluding hydrogens is 323 g/mol. The molecule has 2 aromatic carbocycles. The lowest BCUT2D eigenvalue weighted by Crippen LogP contribution is -2.26. The van der Waals surface area contributed by atoms with Crippen molar-refractivity contribution >= 4 is 15.7 Å². The molecule has 0 fully saturated rings. The summed E-state index contributed by atoms with van der Waals surface area (Å²) in [5.41, 5.74) is 1.18. The molecule has 0 unspecified atom stereocenters. The fourth-order valence-electron chi connectivity index (χ4n) is 1.95. The number of aryl methyl sites for hydroxylation is 1. The predicted molar refractivity (Wildman–Crippen MR) is 83.8 cm³/mol. The summed E-state index contributed by atoms with van der Waals surface area (Å²) in [6, 6.07) is 11.4. The van der Waals surface area contributed by atoms with Crippen molar-refractivity contribution in [2.75, 3.05) is 5.75 Å². The number of benzene rings is 2. The van der Waals surface area contributed by atoms with Gasteiger partial charge in [0.05, 0.1) is 10.7 Å². The molecule has 0 aliphatic carbocycles. The summed E-state index contributed by atoms with van der Waals surface area (Å²) in [7, 11) is -3.52. The molecule has 0 bridgehead atoms. The number of hydrogen-bond donors (Lipinski definition) is 1. The molecule has 0 saturated carbocycles. The quantitative estimate of drug-likeness (QED) is 0.620. The molecule has 0 aromatic heterocycles. The van der Waals surface area contributed by atoms with Gasteiger partial charge in [0.15, 0.2) is 0 Å². The molecule has 0 spiro atoms. The van der Waals surface area contributed by atoms with Crippen LogP contribution in [0.25, 0.3) is 0 Å². The molecule has 2 aromatic rings. The third-order valence-corrected chi connectivity index (χ3v) is 4.52. The number of hydrogen-bond acceptors (Lipinski definition) is 4. The highest BCUT2D eigenvalue weighted by Crippen LogP contribution is 2.12. The van der Waals surface area contributed by atoms with E-state index in [4.69, 9.17) is 0 Å². The van der Waals surface area contributed by atoms with Crippen LogP contribution in [0.1, 0.15) is 11.1 Å². The molecule has 2 rings (SSSR count). The summed E-state index contributed by atoms with van der Waals surface area (Å²) in [5.74, 6) is -0.576. The lowest BCUT2D eigenvalue weighted by atomic mass is 10.1. The molecule has 0 heterocycles. The van der Waals surface area contributed by atoms with Gasteiger partial charge in [-0.1, -0.05) is 24.3 Å². The van der Waals surface area contributed by atoms with E-state index in [9.17, 15) is 22.9 Å². The van der Waals surface area contributed by atoms with Gasteiger partial charge in [0.2, 0.25) is 10.0 Å². The van der Waals surface area contributed by atoms with Crippen molar-refractivity contribution in [1.82, 2.24) is 4.72 Å². The number of rotatable bonds is 7. The lowest BCUT2D eigenvalue weighted by molar-refractivity contribution is -0.384. The average molecular weight is 338 g/mol. The highest BCUT2D eigenvalue weighted by molar-refractivity contribution is 7.89. The van der Waals surface area contributed by atoms with Crippen LogP contribution in [-0.2, 0) is 23.0 Å². The fraction of sp³-hybridized carbons (Fsp3) is 0.200. The molecule has 0 aliphatic rings. The maximum Gasteiger partial charge on any atom is 0.269 e. The van der Waals surface area contributed by atoms with Crippen LogP contribution in [0, 0.1) is 15.9 Å². The Morgan fingerprint density at radius 1 is 1.09 bits per heavy atom. The molecule has 0 radical (unpaired) electrons. The largest absolute Gasteiger partial charge is 0.269 e. The Hall–Kier alpha value is -2.32. The van der Waals surface area contributed by atoms with Gasteiger partial charge in [0, 0.05) is 18.7 Å². The smallest absolute Gasteiger partial charge is 0.258 e. The van der Waals surface area contributed by atoms with Crippen molar-refractivity contribution in [1.29, 1.82) is 0 Å². The van der Waals surface area contributed by atoms with Crippen LogP contribution in [0.3, 0.4) is 0 Å². The van der Waals surface area contributed by atoms with Crippen LogP contribution >= 0.6 is 0 Å². The Balaban J connectivity index is 1.89. The first-order valence-electron chi connectivity index (χ1n) is 6.81. The van der Waals surface area contributed by atoms with Gasteiger partial charge in [0.25, 0.3) is 5.69 Å². The highest BCUT2D eigenvalue weighted by atomic mass is 32.2. The topological polar surface area (TPSA) is 89.3 Å². The van der Waals surface area contributed by atoms with E-state index >= 15 is 0 Å². The van der Waals surface area contributed by atoms with Crippen LogP contribution < -0.4 is 4.72 Å². The third kappa shape index (κ3) is 5.42. The van der Waals surface area contributed by atoms with E-state index < -0.39 is 20.8 Å². The molecule has 23 heavy (non-hydrogen) atoms. The summed E-state index contributed by atoms with van der Waals surface area (Å²) in [6.07, 6.45) is 0.233. The summed E-state index contributed by atoms with van der Waals surface area (Å²) < 4.78 is 39.3. The summed E-state index contributed by atoms with van der Waals surface area (Å²) in [5, 5.41) is 10.5. The van der Waals surface area contributed by atoms with Gasteiger partial charge >= 0.3 is 0 Å². The minimum atomic E-state index is -3.52. The van der Waals surface area contributed by atoms with Gasteiger partial charge in [-0.15, -0.1) is 0 Å². The minimum absolute atomic E-state index is 0.0142. The number of non-ortho nitro benzene ring substituents is 1. The Labute approximate surface area is 133 Å². The molecule has 0 amide bonds. The molecule has 1 N–H and O–H groups in total. The number of nitro groups is 1. The molecule has 0 saturated heterocycles.